The van der Waals surface area contributed by atoms with Crippen molar-refractivity contribution in [1.29, 1.82) is 0 Å². The fourth-order valence-electron chi connectivity index (χ4n) is 3.21. The van der Waals surface area contributed by atoms with E-state index in [1.807, 2.05) is 61.5 Å². The Morgan fingerprint density at radius 2 is 1.54 bits per heavy atom. The SMILES string of the molecule is Cc1cccc(NC2=C(c3ccccc3)C(=O)N(c3ccc(Cl)cc3)C2=O)c1. The number of halogens is 1. The van der Waals surface area contributed by atoms with Crippen LogP contribution in [0.3, 0.4) is 0 Å². The van der Waals surface area contributed by atoms with Crippen LogP contribution in [0.4, 0.5) is 11.4 Å². The van der Waals surface area contributed by atoms with Crippen LogP contribution >= 0.6 is 11.6 Å². The third-order valence-electron chi connectivity index (χ3n) is 4.52. The van der Waals surface area contributed by atoms with Crippen molar-refractivity contribution in [1.82, 2.24) is 0 Å². The van der Waals surface area contributed by atoms with Crippen LogP contribution in [0.5, 0.6) is 0 Å². The van der Waals surface area contributed by atoms with Gasteiger partial charge >= 0.3 is 0 Å². The number of hydrogen-bond acceptors (Lipinski definition) is 3. The van der Waals surface area contributed by atoms with Crippen molar-refractivity contribution in [2.24, 2.45) is 0 Å². The zero-order chi connectivity index (χ0) is 19.7. The number of imide groups is 1. The highest BCUT2D eigenvalue weighted by Gasteiger charge is 2.40. The molecule has 2 amide bonds. The van der Waals surface area contributed by atoms with Gasteiger partial charge in [0.2, 0.25) is 0 Å². The van der Waals surface area contributed by atoms with E-state index in [9.17, 15) is 9.59 Å². The number of amides is 2. The van der Waals surface area contributed by atoms with Crippen LogP contribution in [0.15, 0.2) is 84.6 Å². The predicted molar refractivity (Wildman–Crippen MR) is 112 cm³/mol. The molecule has 5 heteroatoms. The molecule has 1 heterocycles. The lowest BCUT2D eigenvalue weighted by Gasteiger charge is -2.15. The highest BCUT2D eigenvalue weighted by atomic mass is 35.5. The molecule has 0 unspecified atom stereocenters. The predicted octanol–water partition coefficient (Wildman–Crippen LogP) is 5.05. The van der Waals surface area contributed by atoms with Crippen LogP contribution in [-0.2, 0) is 9.59 Å². The molecule has 28 heavy (non-hydrogen) atoms. The normalized spacial score (nSPS) is 14.0. The highest BCUT2D eigenvalue weighted by Crippen LogP contribution is 2.34. The molecule has 0 aromatic heterocycles. The van der Waals surface area contributed by atoms with Crippen LogP contribution in [0.25, 0.3) is 5.57 Å². The fourth-order valence-corrected chi connectivity index (χ4v) is 3.34. The molecule has 0 bridgehead atoms. The molecular weight excluding hydrogens is 372 g/mol. The van der Waals surface area contributed by atoms with Crippen molar-refractivity contribution in [3.63, 3.8) is 0 Å². The molecule has 1 aliphatic rings. The van der Waals surface area contributed by atoms with Crippen molar-refractivity contribution < 1.29 is 9.59 Å². The summed E-state index contributed by atoms with van der Waals surface area (Å²) in [5, 5.41) is 3.70. The minimum Gasteiger partial charge on any atom is -0.350 e. The number of benzene rings is 3. The first-order valence-corrected chi connectivity index (χ1v) is 9.20. The van der Waals surface area contributed by atoms with Crippen LogP contribution in [0.1, 0.15) is 11.1 Å². The summed E-state index contributed by atoms with van der Waals surface area (Å²) in [6.45, 7) is 1.97. The Kier molecular flexibility index (Phi) is 4.72. The molecular formula is C23H17ClN2O2. The number of aryl methyl sites for hydroxylation is 1. The molecule has 0 radical (unpaired) electrons. The first kappa shape index (κ1) is 18.0. The van der Waals surface area contributed by atoms with Crippen molar-refractivity contribution in [3.05, 3.63) is 101 Å². The van der Waals surface area contributed by atoms with Gasteiger partial charge in [-0.05, 0) is 54.4 Å². The maximum atomic E-state index is 13.2. The van der Waals surface area contributed by atoms with Gasteiger partial charge in [0.05, 0.1) is 11.3 Å². The molecule has 1 aliphatic heterocycles. The van der Waals surface area contributed by atoms with Gasteiger partial charge in [-0.1, -0.05) is 54.1 Å². The average Bonchev–Trinajstić information content (AvgIpc) is 2.93. The smallest absolute Gasteiger partial charge is 0.282 e. The summed E-state index contributed by atoms with van der Waals surface area (Å²) >= 11 is 5.96. The van der Waals surface area contributed by atoms with E-state index < -0.39 is 5.91 Å². The number of hydrogen-bond donors (Lipinski definition) is 1. The van der Waals surface area contributed by atoms with E-state index >= 15 is 0 Å². The molecule has 0 saturated heterocycles. The number of carbonyl (C=O) groups is 2. The molecule has 0 atom stereocenters. The summed E-state index contributed by atoms with van der Waals surface area (Å²) in [4.78, 5) is 27.6. The highest BCUT2D eigenvalue weighted by molar-refractivity contribution is 6.46. The summed E-state index contributed by atoms with van der Waals surface area (Å²) in [7, 11) is 0. The Morgan fingerprint density at radius 1 is 0.821 bits per heavy atom. The lowest BCUT2D eigenvalue weighted by atomic mass is 10.0. The van der Waals surface area contributed by atoms with Gasteiger partial charge in [-0.25, -0.2) is 4.90 Å². The van der Waals surface area contributed by atoms with Crippen LogP contribution in [0.2, 0.25) is 5.02 Å². The number of anilines is 2. The zero-order valence-electron chi connectivity index (χ0n) is 15.1. The molecule has 0 aliphatic carbocycles. The first-order chi connectivity index (χ1) is 13.5. The number of nitrogens with zero attached hydrogens (tertiary/aromatic N) is 1. The molecule has 3 aromatic rings. The Labute approximate surface area is 168 Å². The van der Waals surface area contributed by atoms with E-state index in [1.165, 1.54) is 4.90 Å². The van der Waals surface area contributed by atoms with Gasteiger partial charge in [0.15, 0.2) is 0 Å². The maximum absolute atomic E-state index is 13.2. The average molecular weight is 389 g/mol. The van der Waals surface area contributed by atoms with Gasteiger partial charge < -0.3 is 5.32 Å². The van der Waals surface area contributed by atoms with Gasteiger partial charge in [-0.3, -0.25) is 9.59 Å². The van der Waals surface area contributed by atoms with Gasteiger partial charge in [0.25, 0.3) is 11.8 Å². The van der Waals surface area contributed by atoms with E-state index in [0.29, 0.717) is 21.8 Å². The van der Waals surface area contributed by atoms with Crippen LogP contribution < -0.4 is 10.2 Å². The van der Waals surface area contributed by atoms with Crippen molar-refractivity contribution in [2.75, 3.05) is 10.2 Å². The van der Waals surface area contributed by atoms with E-state index in [1.54, 1.807) is 24.3 Å². The molecule has 0 spiro atoms. The van der Waals surface area contributed by atoms with E-state index in [0.717, 1.165) is 11.3 Å². The lowest BCUT2D eigenvalue weighted by molar-refractivity contribution is -0.120. The molecule has 3 aromatic carbocycles. The fraction of sp³-hybridized carbons (Fsp3) is 0.0435. The van der Waals surface area contributed by atoms with E-state index in [4.69, 9.17) is 11.6 Å². The van der Waals surface area contributed by atoms with Crippen LogP contribution in [-0.4, -0.2) is 11.8 Å². The molecule has 1 N–H and O–H groups in total. The second kappa shape index (κ2) is 7.33. The Bertz CT molecular complexity index is 1090. The molecule has 0 saturated carbocycles. The van der Waals surface area contributed by atoms with E-state index in [2.05, 4.69) is 5.32 Å². The van der Waals surface area contributed by atoms with E-state index in [-0.39, 0.29) is 11.6 Å². The van der Waals surface area contributed by atoms with Gasteiger partial charge in [-0.2, -0.15) is 0 Å². The first-order valence-electron chi connectivity index (χ1n) is 8.82. The Morgan fingerprint density at radius 3 is 2.21 bits per heavy atom. The number of carbonyl (C=O) groups excluding carboxylic acids is 2. The second-order valence-electron chi connectivity index (χ2n) is 6.53. The minimum atomic E-state index is -0.396. The summed E-state index contributed by atoms with van der Waals surface area (Å²) in [5.41, 5.74) is 3.58. The maximum Gasteiger partial charge on any atom is 0.282 e. The second-order valence-corrected chi connectivity index (χ2v) is 6.97. The van der Waals surface area contributed by atoms with Crippen molar-refractivity contribution in [3.8, 4) is 0 Å². The largest absolute Gasteiger partial charge is 0.350 e. The minimum absolute atomic E-state index is 0.261. The Balaban J connectivity index is 1.81. The topological polar surface area (TPSA) is 49.4 Å². The molecule has 4 nitrogen and oxygen atoms in total. The third kappa shape index (κ3) is 3.30. The number of nitrogens with one attached hydrogen (secondary N) is 1. The van der Waals surface area contributed by atoms with Gasteiger partial charge in [0, 0.05) is 10.7 Å². The summed E-state index contributed by atoms with van der Waals surface area (Å²) < 4.78 is 0. The zero-order valence-corrected chi connectivity index (χ0v) is 15.9. The summed E-state index contributed by atoms with van der Waals surface area (Å²) in [6, 6.07) is 23.5. The molecule has 138 valence electrons. The molecule has 0 fully saturated rings. The van der Waals surface area contributed by atoms with Crippen LogP contribution in [0, 0.1) is 6.92 Å². The van der Waals surface area contributed by atoms with Crippen molar-refractivity contribution in [2.45, 2.75) is 6.92 Å². The lowest BCUT2D eigenvalue weighted by Crippen LogP contribution is -2.32. The summed E-state index contributed by atoms with van der Waals surface area (Å²) in [6.07, 6.45) is 0. The molecule has 4 rings (SSSR count). The van der Waals surface area contributed by atoms with Gasteiger partial charge in [0.1, 0.15) is 5.70 Å². The Hall–Kier alpha value is -3.37. The third-order valence-corrected chi connectivity index (χ3v) is 4.77. The summed E-state index contributed by atoms with van der Waals surface area (Å²) in [5.74, 6) is -0.763. The standard InChI is InChI=1S/C23H17ClN2O2/c1-15-6-5-9-18(14-15)25-21-20(16-7-3-2-4-8-16)22(27)26(23(21)28)19-12-10-17(24)11-13-19/h2-14,25H,1H3. The quantitative estimate of drug-likeness (QED) is 0.636. The van der Waals surface area contributed by atoms with Crippen molar-refractivity contribution >= 4 is 40.4 Å². The number of rotatable bonds is 4. The van der Waals surface area contributed by atoms with Gasteiger partial charge in [-0.15, -0.1) is 0 Å². The monoisotopic (exact) mass is 388 g/mol.